The lowest BCUT2D eigenvalue weighted by Gasteiger charge is -2.27. The van der Waals surface area contributed by atoms with Crippen LogP contribution in [0.5, 0.6) is 5.75 Å². The van der Waals surface area contributed by atoms with Crippen molar-refractivity contribution < 1.29 is 18.6 Å². The van der Waals surface area contributed by atoms with Crippen LogP contribution in [0, 0.1) is 11.6 Å². The first-order chi connectivity index (χ1) is 19.5. The van der Waals surface area contributed by atoms with Crippen molar-refractivity contribution in [2.45, 2.75) is 25.1 Å². The van der Waals surface area contributed by atoms with Gasteiger partial charge in [-0.05, 0) is 53.9 Å². The number of rotatable bonds is 11. The van der Waals surface area contributed by atoms with Gasteiger partial charge in [0.15, 0.2) is 0 Å². The van der Waals surface area contributed by atoms with Gasteiger partial charge in [-0.15, -0.1) is 0 Å². The zero-order chi connectivity index (χ0) is 27.9. The van der Waals surface area contributed by atoms with Gasteiger partial charge in [0.2, 0.25) is 0 Å². The quantitative estimate of drug-likeness (QED) is 0.182. The Hall–Kier alpha value is -4.33. The van der Waals surface area contributed by atoms with Crippen molar-refractivity contribution in [1.29, 1.82) is 0 Å². The molecule has 0 spiro atoms. The molecule has 0 fully saturated rings. The van der Waals surface area contributed by atoms with Crippen LogP contribution in [0.2, 0.25) is 0 Å². The van der Waals surface area contributed by atoms with E-state index < -0.39 is 23.8 Å². The van der Waals surface area contributed by atoms with E-state index >= 15 is 0 Å². The number of aliphatic hydroxyl groups excluding tert-OH is 1. The van der Waals surface area contributed by atoms with E-state index in [4.69, 9.17) is 9.72 Å². The number of hydrogen-bond acceptors (Lipinski definition) is 5. The number of benzene rings is 4. The Kier molecular flexibility index (Phi) is 8.64. The van der Waals surface area contributed by atoms with Crippen LogP contribution in [0.25, 0.3) is 22.2 Å². The highest BCUT2D eigenvalue weighted by Crippen LogP contribution is 2.29. The van der Waals surface area contributed by atoms with E-state index in [1.807, 2.05) is 84.9 Å². The molecule has 0 aliphatic heterocycles. The number of nitrogens with one attached hydrogen (secondary N) is 2. The summed E-state index contributed by atoms with van der Waals surface area (Å²) in [5, 5.41) is 19.0. The zero-order valence-electron chi connectivity index (χ0n) is 22.1. The summed E-state index contributed by atoms with van der Waals surface area (Å²) in [5.74, 6) is -0.550. The number of halogens is 2. The van der Waals surface area contributed by atoms with Crippen molar-refractivity contribution in [2.75, 3.05) is 19.0 Å². The minimum absolute atomic E-state index is 0.202. The Morgan fingerprint density at radius 1 is 0.825 bits per heavy atom. The smallest absolute Gasteiger partial charge is 0.126 e. The molecule has 0 saturated carbocycles. The molecule has 2 atom stereocenters. The molecule has 204 valence electrons. The largest absolute Gasteiger partial charge is 0.497 e. The summed E-state index contributed by atoms with van der Waals surface area (Å²) in [4.78, 5) is 4.84. The van der Waals surface area contributed by atoms with Crippen LogP contribution in [0.15, 0.2) is 103 Å². The van der Waals surface area contributed by atoms with Gasteiger partial charge in [0.25, 0.3) is 0 Å². The number of hydrogen-bond donors (Lipinski definition) is 3. The van der Waals surface area contributed by atoms with Gasteiger partial charge < -0.3 is 20.5 Å². The maximum absolute atomic E-state index is 14.1. The van der Waals surface area contributed by atoms with Crippen LogP contribution in [-0.2, 0) is 13.0 Å². The van der Waals surface area contributed by atoms with Gasteiger partial charge in [0.05, 0.1) is 30.5 Å². The van der Waals surface area contributed by atoms with Crippen molar-refractivity contribution >= 4 is 16.6 Å². The molecule has 0 aliphatic carbocycles. The second-order valence-corrected chi connectivity index (χ2v) is 9.72. The van der Waals surface area contributed by atoms with Crippen molar-refractivity contribution in [3.05, 3.63) is 126 Å². The predicted octanol–water partition coefficient (Wildman–Crippen LogP) is 6.36. The maximum atomic E-state index is 14.1. The lowest BCUT2D eigenvalue weighted by atomic mass is 9.99. The molecule has 7 heteroatoms. The summed E-state index contributed by atoms with van der Waals surface area (Å²) in [6, 6.07) is 30.1. The summed E-state index contributed by atoms with van der Waals surface area (Å²) >= 11 is 0. The van der Waals surface area contributed by atoms with Crippen LogP contribution in [-0.4, -0.2) is 35.9 Å². The number of nitrogens with zero attached hydrogens (tertiary/aromatic N) is 1. The first kappa shape index (κ1) is 27.2. The van der Waals surface area contributed by atoms with Crippen molar-refractivity contribution in [3.63, 3.8) is 0 Å². The topological polar surface area (TPSA) is 66.4 Å². The summed E-state index contributed by atoms with van der Waals surface area (Å²) in [6.45, 7) is 0.771. The average Bonchev–Trinajstić information content (AvgIpc) is 2.96. The Bertz CT molecular complexity index is 1560. The number of para-hydroxylation sites is 1. The molecule has 4 aromatic carbocycles. The number of anilines is 1. The van der Waals surface area contributed by atoms with E-state index in [9.17, 15) is 13.9 Å². The molecule has 0 amide bonds. The van der Waals surface area contributed by atoms with E-state index in [1.165, 1.54) is 12.1 Å². The molecule has 5 rings (SSSR count). The Morgan fingerprint density at radius 2 is 1.57 bits per heavy atom. The molecule has 0 bridgehead atoms. The second-order valence-electron chi connectivity index (χ2n) is 9.72. The van der Waals surface area contributed by atoms with Gasteiger partial charge >= 0.3 is 0 Å². The van der Waals surface area contributed by atoms with Crippen molar-refractivity contribution in [1.82, 2.24) is 10.3 Å². The third-order valence-corrected chi connectivity index (χ3v) is 6.79. The number of ether oxygens (including phenoxy) is 1. The molecule has 0 radical (unpaired) electrons. The molecule has 40 heavy (non-hydrogen) atoms. The Balaban J connectivity index is 1.43. The lowest BCUT2D eigenvalue weighted by molar-refractivity contribution is 0.149. The molecule has 5 aromatic rings. The number of aromatic nitrogens is 1. The Morgan fingerprint density at radius 3 is 2.35 bits per heavy atom. The lowest BCUT2D eigenvalue weighted by Crippen LogP contribution is -2.42. The highest BCUT2D eigenvalue weighted by atomic mass is 19.1. The number of methoxy groups -OCH3 is 1. The summed E-state index contributed by atoms with van der Waals surface area (Å²) in [5.41, 5.74) is 4.77. The highest BCUT2D eigenvalue weighted by molar-refractivity contribution is 5.93. The summed E-state index contributed by atoms with van der Waals surface area (Å²) in [6.07, 6.45) is -0.683. The minimum Gasteiger partial charge on any atom is -0.497 e. The van der Waals surface area contributed by atoms with Crippen LogP contribution in [0.1, 0.15) is 11.1 Å². The van der Waals surface area contributed by atoms with E-state index in [-0.39, 0.29) is 13.0 Å². The normalized spacial score (nSPS) is 12.7. The van der Waals surface area contributed by atoms with E-state index in [2.05, 4.69) is 10.6 Å². The third-order valence-electron chi connectivity index (χ3n) is 6.79. The standard InChI is InChI=1S/C33H31F2N3O2/c1-40-27-11-7-8-22(16-27)20-36-21-33(39)32(17-23-14-25(34)18-26(35)15-23)38-31-19-30(24-9-3-2-4-10-24)37-29-13-6-5-12-28(29)31/h2-16,18-19,32-33,36,39H,17,20-21H2,1H3,(H,37,38)/t32-,33+/m0/s1. The van der Waals surface area contributed by atoms with Crippen LogP contribution in [0.4, 0.5) is 14.5 Å². The van der Waals surface area contributed by atoms with Crippen LogP contribution >= 0.6 is 0 Å². The number of pyridine rings is 1. The first-order valence-electron chi connectivity index (χ1n) is 13.2. The highest BCUT2D eigenvalue weighted by Gasteiger charge is 2.22. The van der Waals surface area contributed by atoms with Gasteiger partial charge in [-0.1, -0.05) is 60.7 Å². The van der Waals surface area contributed by atoms with Gasteiger partial charge in [0.1, 0.15) is 17.4 Å². The minimum atomic E-state index is -0.885. The first-order valence-corrected chi connectivity index (χ1v) is 13.2. The van der Waals surface area contributed by atoms with E-state index in [0.717, 1.165) is 45.2 Å². The van der Waals surface area contributed by atoms with Gasteiger partial charge in [-0.3, -0.25) is 0 Å². The molecule has 0 unspecified atom stereocenters. The average molecular weight is 540 g/mol. The third kappa shape index (κ3) is 6.81. The SMILES string of the molecule is COc1cccc(CNC[C@@H](O)[C@H](Cc2cc(F)cc(F)c2)Nc2cc(-c3ccccc3)nc3ccccc23)c1. The monoisotopic (exact) mass is 539 g/mol. The fourth-order valence-corrected chi connectivity index (χ4v) is 4.81. The Labute approximate surface area is 232 Å². The van der Waals surface area contributed by atoms with Gasteiger partial charge in [-0.25, -0.2) is 13.8 Å². The molecule has 0 saturated heterocycles. The second kappa shape index (κ2) is 12.7. The summed E-state index contributed by atoms with van der Waals surface area (Å²) < 4.78 is 33.4. The fourth-order valence-electron chi connectivity index (χ4n) is 4.81. The van der Waals surface area contributed by atoms with Crippen LogP contribution in [0.3, 0.4) is 0 Å². The van der Waals surface area contributed by atoms with Gasteiger partial charge in [-0.2, -0.15) is 0 Å². The van der Waals surface area contributed by atoms with Crippen molar-refractivity contribution in [3.8, 4) is 17.0 Å². The number of fused-ring (bicyclic) bond motifs is 1. The molecule has 0 aliphatic rings. The molecule has 3 N–H and O–H groups in total. The molecular formula is C33H31F2N3O2. The zero-order valence-corrected chi connectivity index (χ0v) is 22.1. The molecule has 1 heterocycles. The number of aliphatic hydroxyl groups is 1. The summed E-state index contributed by atoms with van der Waals surface area (Å²) in [7, 11) is 1.62. The molecular weight excluding hydrogens is 508 g/mol. The maximum Gasteiger partial charge on any atom is 0.126 e. The molecule has 5 nitrogen and oxygen atoms in total. The fraction of sp³-hybridized carbons (Fsp3) is 0.182. The molecule has 1 aromatic heterocycles. The van der Waals surface area contributed by atoms with Gasteiger partial charge in [0, 0.05) is 35.8 Å². The van der Waals surface area contributed by atoms with E-state index in [1.54, 1.807) is 7.11 Å². The van der Waals surface area contributed by atoms with Crippen LogP contribution < -0.4 is 15.4 Å². The van der Waals surface area contributed by atoms with Crippen molar-refractivity contribution in [2.24, 2.45) is 0 Å². The predicted molar refractivity (Wildman–Crippen MR) is 155 cm³/mol. The van der Waals surface area contributed by atoms with E-state index in [0.29, 0.717) is 12.1 Å².